The Labute approximate surface area is 228 Å². The monoisotopic (exact) mass is 548 g/mol. The number of hydrogen-bond acceptors (Lipinski definition) is 5. The molecule has 2 aromatic carbocycles. The topological polar surface area (TPSA) is 75.7 Å². The quantitative estimate of drug-likeness (QED) is 0.0898. The molecule has 0 radical (unpaired) electrons. The number of carbonyl (C=O) groups excluding carboxylic acids is 3. The number of hydrogen-bond donors (Lipinski definition) is 1. The van der Waals surface area contributed by atoms with Gasteiger partial charge in [-0.2, -0.15) is 13.2 Å². The van der Waals surface area contributed by atoms with Crippen molar-refractivity contribution in [1.82, 2.24) is 5.06 Å². The molecule has 1 N–H and O–H groups in total. The van der Waals surface area contributed by atoms with Gasteiger partial charge in [0.1, 0.15) is 0 Å². The number of hydroxylamine groups is 2. The summed E-state index contributed by atoms with van der Waals surface area (Å²) >= 11 is 0. The lowest BCUT2D eigenvalue weighted by molar-refractivity contribution is -0.195. The van der Waals surface area contributed by atoms with Crippen LogP contribution in [0.15, 0.2) is 48.5 Å². The van der Waals surface area contributed by atoms with E-state index < -0.39 is 17.7 Å². The van der Waals surface area contributed by atoms with Gasteiger partial charge in [0.2, 0.25) is 12.2 Å². The molecule has 0 aromatic heterocycles. The van der Waals surface area contributed by atoms with E-state index in [0.717, 1.165) is 31.4 Å². The fourth-order valence-corrected chi connectivity index (χ4v) is 4.17. The maximum atomic E-state index is 12.8. The summed E-state index contributed by atoms with van der Waals surface area (Å²) in [6.07, 6.45) is 8.05. The molecular formula is C30H39F3N2O4. The van der Waals surface area contributed by atoms with Crippen LogP contribution in [0.1, 0.15) is 94.2 Å². The highest BCUT2D eigenvalue weighted by molar-refractivity contribution is 6.20. The first-order valence-corrected chi connectivity index (χ1v) is 13.7. The maximum absolute atomic E-state index is 12.8. The number of nitrogens with one attached hydrogen (secondary N) is 1. The van der Waals surface area contributed by atoms with Crippen LogP contribution in [0.2, 0.25) is 0 Å². The summed E-state index contributed by atoms with van der Waals surface area (Å²) in [4.78, 5) is 39.6. The van der Waals surface area contributed by atoms with Crippen molar-refractivity contribution in [2.45, 2.75) is 96.8 Å². The van der Waals surface area contributed by atoms with Gasteiger partial charge in [0, 0.05) is 12.1 Å². The van der Waals surface area contributed by atoms with Crippen LogP contribution in [-0.2, 0) is 38.5 Å². The Bertz CT molecular complexity index is 1010. The van der Waals surface area contributed by atoms with Crippen molar-refractivity contribution in [2.75, 3.05) is 5.32 Å². The second-order valence-electron chi connectivity index (χ2n) is 9.70. The summed E-state index contributed by atoms with van der Waals surface area (Å²) in [5.74, 6) is -1.16. The molecule has 0 aliphatic heterocycles. The van der Waals surface area contributed by atoms with Crippen molar-refractivity contribution < 1.29 is 32.4 Å². The maximum Gasteiger partial charge on any atom is 0.416 e. The molecule has 6 nitrogen and oxygen atoms in total. The van der Waals surface area contributed by atoms with Gasteiger partial charge in [0.25, 0.3) is 0 Å². The van der Waals surface area contributed by atoms with Crippen LogP contribution >= 0.6 is 0 Å². The number of aldehydes is 1. The second kappa shape index (κ2) is 17.4. The number of nitrogens with zero attached hydrogens (tertiary/aromatic N) is 1. The van der Waals surface area contributed by atoms with Gasteiger partial charge in [-0.25, -0.2) is 4.79 Å². The number of carbonyl (C=O) groups is 3. The summed E-state index contributed by atoms with van der Waals surface area (Å²) in [6, 6.07) is 11.4. The molecule has 39 heavy (non-hydrogen) atoms. The molecule has 0 saturated carbocycles. The number of amides is 1. The van der Waals surface area contributed by atoms with Crippen molar-refractivity contribution in [3.63, 3.8) is 0 Å². The van der Waals surface area contributed by atoms with Crippen LogP contribution in [-0.4, -0.2) is 23.2 Å². The average Bonchev–Trinajstić information content (AvgIpc) is 2.90. The molecule has 0 unspecified atom stereocenters. The highest BCUT2D eigenvalue weighted by Gasteiger charge is 2.30. The third kappa shape index (κ3) is 13.4. The van der Waals surface area contributed by atoms with E-state index in [-0.39, 0.29) is 25.3 Å². The van der Waals surface area contributed by atoms with Crippen LogP contribution in [0.25, 0.3) is 0 Å². The minimum absolute atomic E-state index is 0.0188. The Balaban J connectivity index is 1.78. The Hall–Kier alpha value is -3.20. The van der Waals surface area contributed by atoms with Gasteiger partial charge in [0.15, 0.2) is 0 Å². The number of unbranched alkanes of at least 4 members (excludes halogenated alkanes) is 9. The lowest BCUT2D eigenvalue weighted by Gasteiger charge is -2.20. The minimum atomic E-state index is -4.45. The number of halogens is 3. The molecule has 1 amide bonds. The molecule has 2 rings (SSSR count). The molecule has 214 valence electrons. The summed E-state index contributed by atoms with van der Waals surface area (Å²) < 4.78 is 38.4. The van der Waals surface area contributed by atoms with Crippen LogP contribution in [0.5, 0.6) is 0 Å². The van der Waals surface area contributed by atoms with E-state index in [1.165, 1.54) is 62.1 Å². The van der Waals surface area contributed by atoms with E-state index >= 15 is 0 Å². The fourth-order valence-electron chi connectivity index (χ4n) is 4.17. The van der Waals surface area contributed by atoms with E-state index in [2.05, 4.69) is 12.2 Å². The molecule has 0 spiro atoms. The third-order valence-corrected chi connectivity index (χ3v) is 6.31. The Morgan fingerprint density at radius 2 is 1.28 bits per heavy atom. The highest BCUT2D eigenvalue weighted by atomic mass is 19.4. The lowest BCUT2D eigenvalue weighted by atomic mass is 10.1. The number of benzene rings is 2. The molecule has 9 heteroatoms. The highest BCUT2D eigenvalue weighted by Crippen LogP contribution is 2.29. The molecule has 0 aliphatic rings. The molecule has 0 heterocycles. The molecule has 0 atom stereocenters. The van der Waals surface area contributed by atoms with Gasteiger partial charge in [-0.3, -0.25) is 9.59 Å². The van der Waals surface area contributed by atoms with Crippen LogP contribution in [0.3, 0.4) is 0 Å². The van der Waals surface area contributed by atoms with Crippen LogP contribution in [0, 0.1) is 0 Å². The summed E-state index contributed by atoms with van der Waals surface area (Å²) in [5, 5.41) is 4.07. The Kier molecular flexibility index (Phi) is 14.3. The SMILES string of the molecule is CCCCCCCCCCCCC(=O)Nc1ccc(CN(Cc2ccc(C(F)(F)F)cc2)OC(=O)C=O)cc1. The Morgan fingerprint density at radius 3 is 1.77 bits per heavy atom. The largest absolute Gasteiger partial charge is 0.416 e. The number of alkyl halides is 3. The second-order valence-corrected chi connectivity index (χ2v) is 9.70. The predicted molar refractivity (Wildman–Crippen MR) is 144 cm³/mol. The first-order chi connectivity index (χ1) is 18.7. The molecule has 0 fully saturated rings. The zero-order valence-corrected chi connectivity index (χ0v) is 22.6. The van der Waals surface area contributed by atoms with E-state index in [1.54, 1.807) is 24.3 Å². The van der Waals surface area contributed by atoms with Gasteiger partial charge in [-0.15, -0.1) is 5.06 Å². The molecule has 0 saturated heterocycles. The summed E-state index contributed by atoms with van der Waals surface area (Å²) in [6.45, 7) is 2.29. The molecule has 0 bridgehead atoms. The van der Waals surface area contributed by atoms with E-state index in [9.17, 15) is 27.6 Å². The van der Waals surface area contributed by atoms with Gasteiger partial charge in [-0.05, 0) is 41.8 Å². The van der Waals surface area contributed by atoms with Crippen LogP contribution < -0.4 is 5.32 Å². The van der Waals surface area contributed by atoms with Crippen molar-refractivity contribution in [2.24, 2.45) is 0 Å². The number of anilines is 1. The van der Waals surface area contributed by atoms with Crippen molar-refractivity contribution in [3.05, 3.63) is 65.2 Å². The normalized spacial score (nSPS) is 11.4. The smallest absolute Gasteiger partial charge is 0.361 e. The van der Waals surface area contributed by atoms with E-state index in [1.807, 2.05) is 0 Å². The zero-order chi connectivity index (χ0) is 28.5. The van der Waals surface area contributed by atoms with Crippen LogP contribution in [0.4, 0.5) is 18.9 Å². The van der Waals surface area contributed by atoms with Gasteiger partial charge in [0.05, 0.1) is 18.7 Å². The number of rotatable bonds is 18. The van der Waals surface area contributed by atoms with Gasteiger partial charge >= 0.3 is 12.1 Å². The van der Waals surface area contributed by atoms with Gasteiger partial charge < -0.3 is 10.2 Å². The standard InChI is InChI=1S/C30H39F3N2O4/c1-2-3-4-5-6-7-8-9-10-11-12-28(37)34-27-19-15-25(16-20-27)22-35(39-29(38)23-36)21-24-13-17-26(18-14-24)30(31,32)33/h13-20,23H,2-12,21-22H2,1H3,(H,34,37). The summed E-state index contributed by atoms with van der Waals surface area (Å²) in [7, 11) is 0. The zero-order valence-electron chi connectivity index (χ0n) is 22.6. The van der Waals surface area contributed by atoms with E-state index in [0.29, 0.717) is 23.2 Å². The van der Waals surface area contributed by atoms with Crippen molar-refractivity contribution in [3.8, 4) is 0 Å². The molecule has 0 aliphatic carbocycles. The molecular weight excluding hydrogens is 509 g/mol. The average molecular weight is 549 g/mol. The Morgan fingerprint density at radius 1 is 0.795 bits per heavy atom. The third-order valence-electron chi connectivity index (χ3n) is 6.31. The summed E-state index contributed by atoms with van der Waals surface area (Å²) in [5.41, 5.74) is 1.04. The van der Waals surface area contributed by atoms with Crippen molar-refractivity contribution in [1.29, 1.82) is 0 Å². The van der Waals surface area contributed by atoms with Gasteiger partial charge in [-0.1, -0.05) is 89.0 Å². The minimum Gasteiger partial charge on any atom is -0.361 e. The molecule has 2 aromatic rings. The first-order valence-electron chi connectivity index (χ1n) is 13.7. The fraction of sp³-hybridized carbons (Fsp3) is 0.500. The predicted octanol–water partition coefficient (Wildman–Crippen LogP) is 7.61. The van der Waals surface area contributed by atoms with Crippen molar-refractivity contribution >= 4 is 23.9 Å². The lowest BCUT2D eigenvalue weighted by Crippen LogP contribution is -2.27. The van der Waals surface area contributed by atoms with E-state index in [4.69, 9.17) is 4.84 Å². The first kappa shape index (κ1) is 32.0.